The second kappa shape index (κ2) is 8.55. The largest absolute Gasteiger partial charge is 0.510 e. The number of rotatable bonds is 4. The van der Waals surface area contributed by atoms with Crippen LogP contribution in [-0.4, -0.2) is 16.0 Å². The van der Waals surface area contributed by atoms with Gasteiger partial charge in [0.1, 0.15) is 29.0 Å². The number of carbonyl (C=O) groups is 1. The number of nitriles is 2. The monoisotopic (exact) mass is 328 g/mol. The predicted molar refractivity (Wildman–Crippen MR) is 88.7 cm³/mol. The molecule has 2 saturated carbocycles. The molecule has 5 heteroatoms. The average Bonchev–Trinajstić information content (AvgIpc) is 2.64. The molecule has 2 rings (SSSR count). The highest BCUT2D eigenvalue weighted by Crippen LogP contribution is 2.33. The van der Waals surface area contributed by atoms with Crippen molar-refractivity contribution in [3.63, 3.8) is 0 Å². The van der Waals surface area contributed by atoms with Crippen molar-refractivity contribution in [1.29, 1.82) is 10.5 Å². The number of carbonyl (C=O) groups excluding carboxylic acids is 1. The maximum atomic E-state index is 12.5. The lowest BCUT2D eigenvalue weighted by Gasteiger charge is -2.22. The Kier molecular flexibility index (Phi) is 6.44. The van der Waals surface area contributed by atoms with Crippen molar-refractivity contribution >= 4 is 5.78 Å². The number of allylic oxidation sites excluding steroid dienone is 3. The number of hydrogen-bond acceptors (Lipinski definition) is 5. The molecule has 0 bridgehead atoms. The van der Waals surface area contributed by atoms with Crippen LogP contribution in [0.5, 0.6) is 0 Å². The highest BCUT2D eigenvalue weighted by molar-refractivity contribution is 6.01. The van der Waals surface area contributed by atoms with Gasteiger partial charge in [0.25, 0.3) is 0 Å². The predicted octanol–water partition coefficient (Wildman–Crippen LogP) is 4.39. The first-order chi connectivity index (χ1) is 11.6. The number of ketones is 1. The fourth-order valence-corrected chi connectivity index (χ4v) is 3.73. The molecule has 0 aromatic carbocycles. The van der Waals surface area contributed by atoms with Crippen LogP contribution in [0.1, 0.15) is 64.2 Å². The smallest absolute Gasteiger partial charge is 0.180 e. The molecule has 0 aromatic heterocycles. The van der Waals surface area contributed by atoms with Gasteiger partial charge in [0.05, 0.1) is 0 Å². The van der Waals surface area contributed by atoms with E-state index in [1.807, 2.05) is 0 Å². The zero-order valence-electron chi connectivity index (χ0n) is 13.9. The molecule has 0 saturated heterocycles. The zero-order valence-corrected chi connectivity index (χ0v) is 13.9. The van der Waals surface area contributed by atoms with Crippen molar-refractivity contribution in [2.24, 2.45) is 11.8 Å². The molecular formula is C19H24N2O3. The van der Waals surface area contributed by atoms with Crippen molar-refractivity contribution in [2.75, 3.05) is 0 Å². The second-order valence-electron chi connectivity index (χ2n) is 6.74. The molecule has 0 amide bonds. The SMILES string of the molecule is N#CC(C(=O)C1CCCCC1)=C(O)/C(C#N)=C(/O)C1CCCCC1. The summed E-state index contributed by atoms with van der Waals surface area (Å²) in [5, 5.41) is 39.4. The summed E-state index contributed by atoms with van der Waals surface area (Å²) in [5.41, 5.74) is -0.705. The third kappa shape index (κ3) is 3.97. The van der Waals surface area contributed by atoms with E-state index in [9.17, 15) is 25.5 Å². The minimum Gasteiger partial charge on any atom is -0.510 e. The van der Waals surface area contributed by atoms with Gasteiger partial charge in [0.15, 0.2) is 11.5 Å². The third-order valence-electron chi connectivity index (χ3n) is 5.17. The van der Waals surface area contributed by atoms with E-state index >= 15 is 0 Å². The molecule has 0 unspecified atom stereocenters. The van der Waals surface area contributed by atoms with Gasteiger partial charge >= 0.3 is 0 Å². The Labute approximate surface area is 142 Å². The zero-order chi connectivity index (χ0) is 17.5. The number of Topliss-reactive ketones (excluding diaryl/α,β-unsaturated/α-hetero) is 1. The maximum absolute atomic E-state index is 12.5. The van der Waals surface area contributed by atoms with E-state index in [2.05, 4.69) is 0 Å². The van der Waals surface area contributed by atoms with Gasteiger partial charge in [0, 0.05) is 11.8 Å². The van der Waals surface area contributed by atoms with Crippen LogP contribution in [0.3, 0.4) is 0 Å². The van der Waals surface area contributed by atoms with Crippen LogP contribution in [0, 0.1) is 34.5 Å². The van der Waals surface area contributed by atoms with Crippen molar-refractivity contribution in [1.82, 2.24) is 0 Å². The minimum absolute atomic E-state index is 0.180. The number of hydrogen-bond donors (Lipinski definition) is 2. The standard InChI is InChI=1S/C19H24N2O3/c20-11-15(17(22)13-7-3-1-4-8-13)19(24)16(12-21)18(23)14-9-5-2-6-10-14/h13-14,22,24H,1-10H2/b17-15+,19-16?. The first-order valence-electron chi connectivity index (χ1n) is 8.81. The van der Waals surface area contributed by atoms with Gasteiger partial charge in [-0.25, -0.2) is 0 Å². The average molecular weight is 328 g/mol. The Hall–Kier alpha value is -2.27. The van der Waals surface area contributed by atoms with Crippen LogP contribution in [0.4, 0.5) is 0 Å². The number of aliphatic hydroxyl groups excluding tert-OH is 2. The molecule has 2 N–H and O–H groups in total. The number of nitrogens with zero attached hydrogens (tertiary/aromatic N) is 2. The quantitative estimate of drug-likeness (QED) is 0.344. The van der Waals surface area contributed by atoms with Crippen molar-refractivity contribution in [2.45, 2.75) is 64.2 Å². The number of aliphatic hydroxyl groups is 2. The molecule has 24 heavy (non-hydrogen) atoms. The fraction of sp³-hybridized carbons (Fsp3) is 0.632. The highest BCUT2D eigenvalue weighted by atomic mass is 16.3. The first-order valence-corrected chi connectivity index (χ1v) is 8.81. The van der Waals surface area contributed by atoms with Gasteiger partial charge < -0.3 is 10.2 Å². The lowest BCUT2D eigenvalue weighted by molar-refractivity contribution is -0.119. The van der Waals surface area contributed by atoms with E-state index in [1.54, 1.807) is 12.1 Å². The Morgan fingerprint density at radius 2 is 1.21 bits per heavy atom. The second-order valence-corrected chi connectivity index (χ2v) is 6.74. The molecule has 2 aliphatic rings. The molecule has 0 spiro atoms. The normalized spacial score (nSPS) is 21.9. The van der Waals surface area contributed by atoms with E-state index < -0.39 is 11.5 Å². The first kappa shape index (κ1) is 18.1. The van der Waals surface area contributed by atoms with Crippen molar-refractivity contribution in [3.05, 3.63) is 22.7 Å². The van der Waals surface area contributed by atoms with E-state index in [-0.39, 0.29) is 28.7 Å². The van der Waals surface area contributed by atoms with Crippen molar-refractivity contribution < 1.29 is 15.0 Å². The molecule has 2 fully saturated rings. The van der Waals surface area contributed by atoms with E-state index in [1.165, 1.54) is 0 Å². The summed E-state index contributed by atoms with van der Waals surface area (Å²) in [5.74, 6) is -1.69. The lowest BCUT2D eigenvalue weighted by atomic mass is 9.82. The Morgan fingerprint density at radius 1 is 0.750 bits per heavy atom. The maximum Gasteiger partial charge on any atom is 0.180 e. The van der Waals surface area contributed by atoms with Crippen molar-refractivity contribution in [3.8, 4) is 12.1 Å². The summed E-state index contributed by atoms with van der Waals surface area (Å²) in [4.78, 5) is 12.5. The van der Waals surface area contributed by atoms with Crippen LogP contribution < -0.4 is 0 Å². The molecule has 5 nitrogen and oxygen atoms in total. The van der Waals surface area contributed by atoms with Gasteiger partial charge in [-0.3, -0.25) is 4.79 Å². The summed E-state index contributed by atoms with van der Waals surface area (Å²) < 4.78 is 0. The van der Waals surface area contributed by atoms with Crippen LogP contribution in [0.2, 0.25) is 0 Å². The summed E-state index contributed by atoms with van der Waals surface area (Å²) in [6, 6.07) is 3.55. The summed E-state index contributed by atoms with van der Waals surface area (Å²) >= 11 is 0. The van der Waals surface area contributed by atoms with Gasteiger partial charge in [-0.1, -0.05) is 38.5 Å². The molecule has 0 aliphatic heterocycles. The lowest BCUT2D eigenvalue weighted by Crippen LogP contribution is -2.21. The van der Waals surface area contributed by atoms with Crippen LogP contribution in [0.25, 0.3) is 0 Å². The fourth-order valence-electron chi connectivity index (χ4n) is 3.73. The van der Waals surface area contributed by atoms with E-state index in [4.69, 9.17) is 0 Å². The van der Waals surface area contributed by atoms with Gasteiger partial charge in [-0.15, -0.1) is 0 Å². The van der Waals surface area contributed by atoms with Gasteiger partial charge in [0.2, 0.25) is 0 Å². The summed E-state index contributed by atoms with van der Waals surface area (Å²) in [7, 11) is 0. The Morgan fingerprint density at radius 3 is 1.67 bits per heavy atom. The molecule has 0 aromatic rings. The molecule has 2 aliphatic carbocycles. The molecule has 0 radical (unpaired) electrons. The topological polar surface area (TPSA) is 105 Å². The molecular weight excluding hydrogens is 304 g/mol. The van der Waals surface area contributed by atoms with E-state index in [0.717, 1.165) is 51.4 Å². The van der Waals surface area contributed by atoms with Gasteiger partial charge in [-0.05, 0) is 25.7 Å². The Bertz CT molecular complexity index is 622. The third-order valence-corrected chi connectivity index (χ3v) is 5.17. The van der Waals surface area contributed by atoms with Crippen LogP contribution in [0.15, 0.2) is 22.7 Å². The minimum atomic E-state index is -0.654. The Balaban J connectivity index is 2.33. The van der Waals surface area contributed by atoms with E-state index in [0.29, 0.717) is 12.8 Å². The summed E-state index contributed by atoms with van der Waals surface area (Å²) in [6.07, 6.45) is 8.88. The molecule has 0 atom stereocenters. The van der Waals surface area contributed by atoms with Crippen LogP contribution >= 0.6 is 0 Å². The summed E-state index contributed by atoms with van der Waals surface area (Å²) in [6.45, 7) is 0. The molecule has 0 heterocycles. The van der Waals surface area contributed by atoms with Gasteiger partial charge in [-0.2, -0.15) is 10.5 Å². The highest BCUT2D eigenvalue weighted by Gasteiger charge is 2.30. The van der Waals surface area contributed by atoms with Crippen LogP contribution in [-0.2, 0) is 4.79 Å². The molecule has 128 valence electrons.